The maximum absolute atomic E-state index is 13.5. The lowest BCUT2D eigenvalue weighted by Gasteiger charge is -2.23. The van der Waals surface area contributed by atoms with Crippen LogP contribution in [0.3, 0.4) is 0 Å². The van der Waals surface area contributed by atoms with Crippen LogP contribution in [0.4, 0.5) is 8.78 Å². The Hall–Kier alpha value is -0.670. The van der Waals surface area contributed by atoms with E-state index in [-0.39, 0.29) is 16.5 Å². The fourth-order valence-electron chi connectivity index (χ4n) is 2.04. The normalized spacial score (nSPS) is 21.7. The smallest absolute Gasteiger partial charge is 0.131 e. The summed E-state index contributed by atoms with van der Waals surface area (Å²) in [6, 6.07) is 2.35. The molecule has 2 rings (SSSR count). The molecule has 1 saturated heterocycles. The van der Waals surface area contributed by atoms with E-state index in [0.29, 0.717) is 6.54 Å². The molecule has 4 heteroatoms. The van der Waals surface area contributed by atoms with Crippen molar-refractivity contribution < 1.29 is 8.78 Å². The minimum Gasteiger partial charge on any atom is -0.316 e. The quantitative estimate of drug-likeness (QED) is 0.783. The molecule has 0 aromatic heterocycles. The Morgan fingerprint density at radius 3 is 2.47 bits per heavy atom. The van der Waals surface area contributed by atoms with Gasteiger partial charge in [0.25, 0.3) is 0 Å². The van der Waals surface area contributed by atoms with Gasteiger partial charge < -0.3 is 5.32 Å². The number of rotatable bonds is 1. The zero-order valence-corrected chi connectivity index (χ0v) is 8.95. The largest absolute Gasteiger partial charge is 0.316 e. The molecule has 1 fully saturated rings. The van der Waals surface area contributed by atoms with Crippen molar-refractivity contribution in [1.29, 1.82) is 0 Å². The van der Waals surface area contributed by atoms with Crippen LogP contribution in [0.25, 0.3) is 0 Å². The van der Waals surface area contributed by atoms with E-state index in [9.17, 15) is 8.78 Å². The molecular weight excluding hydrogens is 220 g/mol. The SMILES string of the molecule is Fc1cc(Cl)cc(F)c1C1CCCNC1. The molecule has 0 amide bonds. The first-order valence-corrected chi connectivity index (χ1v) is 5.41. The number of halogens is 3. The van der Waals surface area contributed by atoms with E-state index in [4.69, 9.17) is 11.6 Å². The Bertz CT molecular complexity index is 339. The summed E-state index contributed by atoms with van der Waals surface area (Å²) in [5, 5.41) is 3.24. The summed E-state index contributed by atoms with van der Waals surface area (Å²) < 4.78 is 27.1. The molecule has 0 saturated carbocycles. The van der Waals surface area contributed by atoms with Crippen molar-refractivity contribution in [3.8, 4) is 0 Å². The van der Waals surface area contributed by atoms with E-state index in [2.05, 4.69) is 5.32 Å². The number of hydrogen-bond acceptors (Lipinski definition) is 1. The van der Waals surface area contributed by atoms with E-state index >= 15 is 0 Å². The van der Waals surface area contributed by atoms with Gasteiger partial charge in [-0.3, -0.25) is 0 Å². The minimum atomic E-state index is -0.534. The Morgan fingerprint density at radius 2 is 1.93 bits per heavy atom. The van der Waals surface area contributed by atoms with Gasteiger partial charge in [-0.15, -0.1) is 0 Å². The summed E-state index contributed by atoms with van der Waals surface area (Å²) >= 11 is 5.57. The van der Waals surface area contributed by atoms with Crippen molar-refractivity contribution in [3.63, 3.8) is 0 Å². The van der Waals surface area contributed by atoms with Crippen molar-refractivity contribution in [2.75, 3.05) is 13.1 Å². The van der Waals surface area contributed by atoms with E-state index < -0.39 is 11.6 Å². The van der Waals surface area contributed by atoms with Gasteiger partial charge in [-0.25, -0.2) is 8.78 Å². The van der Waals surface area contributed by atoms with Gasteiger partial charge in [0.1, 0.15) is 11.6 Å². The van der Waals surface area contributed by atoms with Crippen LogP contribution in [0.15, 0.2) is 12.1 Å². The van der Waals surface area contributed by atoms with Crippen LogP contribution in [0, 0.1) is 11.6 Å². The third kappa shape index (κ3) is 2.29. The maximum Gasteiger partial charge on any atom is 0.131 e. The van der Waals surface area contributed by atoms with Crippen molar-refractivity contribution in [3.05, 3.63) is 34.4 Å². The third-order valence-electron chi connectivity index (χ3n) is 2.75. The maximum atomic E-state index is 13.5. The van der Waals surface area contributed by atoms with Crippen molar-refractivity contribution in [2.24, 2.45) is 0 Å². The molecule has 1 aromatic carbocycles. The lowest BCUT2D eigenvalue weighted by atomic mass is 9.91. The first-order chi connectivity index (χ1) is 7.18. The molecule has 1 nitrogen and oxygen atoms in total. The van der Waals surface area contributed by atoms with Crippen molar-refractivity contribution >= 4 is 11.6 Å². The summed E-state index contributed by atoms with van der Waals surface area (Å²) in [7, 11) is 0. The van der Waals surface area contributed by atoms with Crippen LogP contribution < -0.4 is 5.32 Å². The molecular formula is C11H12ClF2N. The second-order valence-corrected chi connectivity index (χ2v) is 4.26. The van der Waals surface area contributed by atoms with Crippen molar-refractivity contribution in [1.82, 2.24) is 5.32 Å². The summed E-state index contributed by atoms with van der Waals surface area (Å²) in [4.78, 5) is 0. The fourth-order valence-corrected chi connectivity index (χ4v) is 2.23. The average molecular weight is 232 g/mol. The van der Waals surface area contributed by atoms with E-state index in [1.54, 1.807) is 0 Å². The molecule has 1 heterocycles. The summed E-state index contributed by atoms with van der Waals surface area (Å²) in [5.41, 5.74) is 0.173. The highest BCUT2D eigenvalue weighted by Crippen LogP contribution is 2.29. The molecule has 0 aliphatic carbocycles. The highest BCUT2D eigenvalue weighted by atomic mass is 35.5. The van der Waals surface area contributed by atoms with Gasteiger partial charge in [0, 0.05) is 23.0 Å². The zero-order valence-electron chi connectivity index (χ0n) is 8.19. The van der Waals surface area contributed by atoms with Gasteiger partial charge in [-0.1, -0.05) is 11.6 Å². The first kappa shape index (κ1) is 10.8. The van der Waals surface area contributed by atoms with E-state index in [1.807, 2.05) is 0 Å². The van der Waals surface area contributed by atoms with Crippen LogP contribution in [0.2, 0.25) is 5.02 Å². The Kier molecular flexibility index (Phi) is 3.22. The summed E-state index contributed by atoms with van der Waals surface area (Å²) in [5.74, 6) is -1.14. The van der Waals surface area contributed by atoms with Crippen LogP contribution in [-0.4, -0.2) is 13.1 Å². The lowest BCUT2D eigenvalue weighted by Crippen LogP contribution is -2.29. The second kappa shape index (κ2) is 4.45. The minimum absolute atomic E-state index is 0.0731. The summed E-state index contributed by atoms with van der Waals surface area (Å²) in [6.07, 6.45) is 1.77. The predicted octanol–water partition coefficient (Wildman–Crippen LogP) is 3.09. The molecule has 1 atom stereocenters. The van der Waals surface area contributed by atoms with Crippen LogP contribution in [0.5, 0.6) is 0 Å². The zero-order chi connectivity index (χ0) is 10.8. The second-order valence-electron chi connectivity index (χ2n) is 3.83. The molecule has 1 N–H and O–H groups in total. The highest BCUT2D eigenvalue weighted by molar-refractivity contribution is 6.30. The lowest BCUT2D eigenvalue weighted by molar-refractivity contribution is 0.428. The molecule has 1 aromatic rings. The monoisotopic (exact) mass is 231 g/mol. The predicted molar refractivity (Wildman–Crippen MR) is 56.2 cm³/mol. The van der Waals surface area contributed by atoms with Crippen LogP contribution >= 0.6 is 11.6 Å². The molecule has 15 heavy (non-hydrogen) atoms. The topological polar surface area (TPSA) is 12.0 Å². The van der Waals surface area contributed by atoms with Gasteiger partial charge >= 0.3 is 0 Å². The molecule has 1 unspecified atom stereocenters. The number of hydrogen-bond donors (Lipinski definition) is 1. The van der Waals surface area contributed by atoms with Crippen LogP contribution in [0.1, 0.15) is 24.3 Å². The molecule has 1 aliphatic heterocycles. The fraction of sp³-hybridized carbons (Fsp3) is 0.455. The highest BCUT2D eigenvalue weighted by Gasteiger charge is 2.22. The summed E-state index contributed by atoms with van der Waals surface area (Å²) in [6.45, 7) is 1.56. The van der Waals surface area contributed by atoms with Gasteiger partial charge in [0.15, 0.2) is 0 Å². The van der Waals surface area contributed by atoms with Gasteiger partial charge in [0.2, 0.25) is 0 Å². The number of benzene rings is 1. The molecule has 82 valence electrons. The Morgan fingerprint density at radius 1 is 1.27 bits per heavy atom. The van der Waals surface area contributed by atoms with Crippen LogP contribution in [-0.2, 0) is 0 Å². The Balaban J connectivity index is 2.33. The molecule has 0 spiro atoms. The van der Waals surface area contributed by atoms with Gasteiger partial charge in [0.05, 0.1) is 0 Å². The Labute approximate surface area is 92.4 Å². The molecule has 0 bridgehead atoms. The molecule has 1 aliphatic rings. The van der Waals surface area contributed by atoms with Gasteiger partial charge in [-0.05, 0) is 31.5 Å². The number of piperidine rings is 1. The van der Waals surface area contributed by atoms with Crippen molar-refractivity contribution in [2.45, 2.75) is 18.8 Å². The molecule has 0 radical (unpaired) electrons. The average Bonchev–Trinajstić information content (AvgIpc) is 2.17. The van der Waals surface area contributed by atoms with Gasteiger partial charge in [-0.2, -0.15) is 0 Å². The number of nitrogens with one attached hydrogen (secondary N) is 1. The first-order valence-electron chi connectivity index (χ1n) is 5.03. The standard InChI is InChI=1S/C11H12ClF2N/c12-8-4-9(13)11(10(14)5-8)7-2-1-3-15-6-7/h4-5,7,15H,1-3,6H2. The van der Waals surface area contributed by atoms with E-state index in [1.165, 1.54) is 12.1 Å². The third-order valence-corrected chi connectivity index (χ3v) is 2.97. The van der Waals surface area contributed by atoms with E-state index in [0.717, 1.165) is 19.4 Å².